The van der Waals surface area contributed by atoms with Crippen LogP contribution in [0.15, 0.2) is 30.3 Å². The molecule has 1 aliphatic rings. The second-order valence-corrected chi connectivity index (χ2v) is 4.91. The zero-order valence-electron chi connectivity index (χ0n) is 10.9. The van der Waals surface area contributed by atoms with Crippen LogP contribution < -0.4 is 5.32 Å². The van der Waals surface area contributed by atoms with E-state index < -0.39 is 0 Å². The average Bonchev–Trinajstić information content (AvgIpc) is 2.40. The molecule has 0 heterocycles. The molecule has 3 nitrogen and oxygen atoms in total. The van der Waals surface area contributed by atoms with Crippen molar-refractivity contribution in [2.75, 3.05) is 13.7 Å². The molecule has 0 aromatic heterocycles. The lowest BCUT2D eigenvalue weighted by molar-refractivity contribution is -0.125. The van der Waals surface area contributed by atoms with Crippen molar-refractivity contribution < 1.29 is 9.53 Å². The number of ether oxygens (including phenoxy) is 1. The predicted molar refractivity (Wildman–Crippen MR) is 71.5 cm³/mol. The molecule has 1 aromatic carbocycles. The van der Waals surface area contributed by atoms with Crippen LogP contribution in [0.5, 0.6) is 0 Å². The van der Waals surface area contributed by atoms with E-state index in [2.05, 4.69) is 29.6 Å². The van der Waals surface area contributed by atoms with E-state index in [1.807, 2.05) is 6.07 Å². The molecule has 1 saturated carbocycles. The minimum Gasteiger partial charge on any atom is -0.375 e. The standard InChI is InChI=1S/C15H21NO2/c1-18-11-15(17)16-14-10-6-5-9-13(14)12-7-3-2-4-8-12/h2-4,7-8,13-14H,5-6,9-11H2,1H3,(H,16,17)/t13-,14-/m1/s1. The first-order valence-electron chi connectivity index (χ1n) is 6.64. The molecule has 98 valence electrons. The van der Waals surface area contributed by atoms with Gasteiger partial charge in [0.2, 0.25) is 5.91 Å². The molecule has 0 spiro atoms. The quantitative estimate of drug-likeness (QED) is 0.887. The molecule has 18 heavy (non-hydrogen) atoms. The van der Waals surface area contributed by atoms with E-state index in [0.29, 0.717) is 5.92 Å². The zero-order valence-corrected chi connectivity index (χ0v) is 10.9. The maximum atomic E-state index is 11.7. The lowest BCUT2D eigenvalue weighted by Crippen LogP contribution is -2.42. The van der Waals surface area contributed by atoms with Gasteiger partial charge in [0.25, 0.3) is 0 Å². The zero-order chi connectivity index (χ0) is 12.8. The molecule has 1 aliphatic carbocycles. The Balaban J connectivity index is 2.04. The number of hydrogen-bond donors (Lipinski definition) is 1. The van der Waals surface area contributed by atoms with E-state index in [4.69, 9.17) is 4.74 Å². The Morgan fingerprint density at radius 1 is 1.28 bits per heavy atom. The molecule has 1 amide bonds. The molecular weight excluding hydrogens is 226 g/mol. The smallest absolute Gasteiger partial charge is 0.246 e. The maximum absolute atomic E-state index is 11.7. The maximum Gasteiger partial charge on any atom is 0.246 e. The Hall–Kier alpha value is -1.35. The van der Waals surface area contributed by atoms with Crippen molar-refractivity contribution in [2.24, 2.45) is 0 Å². The SMILES string of the molecule is COCC(=O)N[C@@H]1CCCC[C@@H]1c1ccccc1. The van der Waals surface area contributed by atoms with Crippen molar-refractivity contribution in [3.63, 3.8) is 0 Å². The van der Waals surface area contributed by atoms with Gasteiger partial charge in [0.15, 0.2) is 0 Å². The van der Waals surface area contributed by atoms with Gasteiger partial charge in [0.05, 0.1) is 0 Å². The summed E-state index contributed by atoms with van der Waals surface area (Å²) >= 11 is 0. The summed E-state index contributed by atoms with van der Waals surface area (Å²) in [6, 6.07) is 10.7. The second kappa shape index (κ2) is 6.55. The third kappa shape index (κ3) is 3.33. The summed E-state index contributed by atoms with van der Waals surface area (Å²) in [7, 11) is 1.55. The molecule has 0 saturated heterocycles. The molecule has 0 radical (unpaired) electrons. The van der Waals surface area contributed by atoms with Crippen LogP contribution in [0.3, 0.4) is 0 Å². The van der Waals surface area contributed by atoms with Gasteiger partial charge in [0.1, 0.15) is 6.61 Å². The van der Waals surface area contributed by atoms with Crippen molar-refractivity contribution in [1.82, 2.24) is 5.32 Å². The minimum absolute atomic E-state index is 0.00895. The molecular formula is C15H21NO2. The molecule has 0 aliphatic heterocycles. The van der Waals surface area contributed by atoms with Gasteiger partial charge in [-0.05, 0) is 18.4 Å². The van der Waals surface area contributed by atoms with Crippen LogP contribution in [-0.4, -0.2) is 25.7 Å². The van der Waals surface area contributed by atoms with Gasteiger partial charge in [-0.15, -0.1) is 0 Å². The van der Waals surface area contributed by atoms with Crippen LogP contribution in [0.2, 0.25) is 0 Å². The molecule has 0 bridgehead atoms. The summed E-state index contributed by atoms with van der Waals surface area (Å²) in [6.07, 6.45) is 4.66. The van der Waals surface area contributed by atoms with Gasteiger partial charge in [-0.2, -0.15) is 0 Å². The van der Waals surface area contributed by atoms with Crippen molar-refractivity contribution in [3.05, 3.63) is 35.9 Å². The van der Waals surface area contributed by atoms with Crippen LogP contribution in [-0.2, 0) is 9.53 Å². The lowest BCUT2D eigenvalue weighted by Gasteiger charge is -2.32. The molecule has 1 fully saturated rings. The van der Waals surface area contributed by atoms with E-state index in [1.165, 1.54) is 18.4 Å². The van der Waals surface area contributed by atoms with Gasteiger partial charge >= 0.3 is 0 Å². The predicted octanol–water partition coefficient (Wildman–Crippen LogP) is 2.48. The van der Waals surface area contributed by atoms with Crippen LogP contribution in [0.1, 0.15) is 37.2 Å². The first kappa shape index (κ1) is 13.1. The summed E-state index contributed by atoms with van der Waals surface area (Å²) in [4.78, 5) is 11.7. The van der Waals surface area contributed by atoms with Gasteiger partial charge in [-0.25, -0.2) is 0 Å². The van der Waals surface area contributed by atoms with Crippen molar-refractivity contribution in [1.29, 1.82) is 0 Å². The number of amides is 1. The molecule has 1 aromatic rings. The molecule has 3 heteroatoms. The van der Waals surface area contributed by atoms with Crippen LogP contribution in [0.25, 0.3) is 0 Å². The fourth-order valence-electron chi connectivity index (χ4n) is 2.78. The van der Waals surface area contributed by atoms with Crippen molar-refractivity contribution >= 4 is 5.91 Å². The number of nitrogens with one attached hydrogen (secondary N) is 1. The Labute approximate surface area is 109 Å². The summed E-state index contributed by atoms with van der Waals surface area (Å²) in [5.41, 5.74) is 1.33. The Bertz CT molecular complexity index is 377. The van der Waals surface area contributed by atoms with E-state index in [0.717, 1.165) is 12.8 Å². The molecule has 1 N–H and O–H groups in total. The minimum atomic E-state index is -0.00895. The number of rotatable bonds is 4. The highest BCUT2D eigenvalue weighted by molar-refractivity contribution is 5.77. The molecule has 2 rings (SSSR count). The van der Waals surface area contributed by atoms with Gasteiger partial charge in [-0.1, -0.05) is 43.2 Å². The van der Waals surface area contributed by atoms with Gasteiger partial charge in [0, 0.05) is 19.1 Å². The summed E-state index contributed by atoms with van der Waals surface area (Å²) in [5, 5.41) is 3.10. The average molecular weight is 247 g/mol. The lowest BCUT2D eigenvalue weighted by atomic mass is 9.80. The van der Waals surface area contributed by atoms with Crippen LogP contribution in [0.4, 0.5) is 0 Å². The summed E-state index contributed by atoms with van der Waals surface area (Å²) in [6.45, 7) is 0.151. The van der Waals surface area contributed by atoms with E-state index >= 15 is 0 Å². The van der Waals surface area contributed by atoms with Gasteiger partial charge < -0.3 is 10.1 Å². The molecule has 2 atom stereocenters. The number of benzene rings is 1. The number of carbonyl (C=O) groups excluding carboxylic acids is 1. The van der Waals surface area contributed by atoms with Crippen LogP contribution >= 0.6 is 0 Å². The summed E-state index contributed by atoms with van der Waals surface area (Å²) < 4.78 is 4.87. The first-order valence-corrected chi connectivity index (χ1v) is 6.64. The van der Waals surface area contributed by atoms with Crippen molar-refractivity contribution in [3.8, 4) is 0 Å². The third-order valence-corrected chi connectivity index (χ3v) is 3.62. The van der Waals surface area contributed by atoms with E-state index in [1.54, 1.807) is 7.11 Å². The van der Waals surface area contributed by atoms with E-state index in [9.17, 15) is 4.79 Å². The largest absolute Gasteiger partial charge is 0.375 e. The highest BCUT2D eigenvalue weighted by atomic mass is 16.5. The normalized spacial score (nSPS) is 23.6. The Morgan fingerprint density at radius 2 is 2.00 bits per heavy atom. The fraction of sp³-hybridized carbons (Fsp3) is 0.533. The topological polar surface area (TPSA) is 38.3 Å². The second-order valence-electron chi connectivity index (χ2n) is 4.91. The number of carbonyl (C=O) groups is 1. The highest BCUT2D eigenvalue weighted by Crippen LogP contribution is 2.32. The molecule has 0 unspecified atom stereocenters. The Morgan fingerprint density at radius 3 is 2.72 bits per heavy atom. The van der Waals surface area contributed by atoms with Crippen molar-refractivity contribution in [2.45, 2.75) is 37.6 Å². The number of methoxy groups -OCH3 is 1. The number of hydrogen-bond acceptors (Lipinski definition) is 2. The fourth-order valence-corrected chi connectivity index (χ4v) is 2.78. The van der Waals surface area contributed by atoms with Gasteiger partial charge in [-0.3, -0.25) is 4.79 Å². The van der Waals surface area contributed by atoms with E-state index in [-0.39, 0.29) is 18.6 Å². The third-order valence-electron chi connectivity index (χ3n) is 3.62. The summed E-state index contributed by atoms with van der Waals surface area (Å²) in [5.74, 6) is 0.436. The van der Waals surface area contributed by atoms with Crippen LogP contribution in [0, 0.1) is 0 Å². The first-order chi connectivity index (χ1) is 8.81. The monoisotopic (exact) mass is 247 g/mol. The Kier molecular flexibility index (Phi) is 4.76. The highest BCUT2D eigenvalue weighted by Gasteiger charge is 2.27.